The summed E-state index contributed by atoms with van der Waals surface area (Å²) in [6.07, 6.45) is 27.6. The Morgan fingerprint density at radius 2 is 1.31 bits per heavy atom. The van der Waals surface area contributed by atoms with E-state index in [1.54, 1.807) is 0 Å². The third kappa shape index (κ3) is 43.5. The van der Waals surface area contributed by atoms with Gasteiger partial charge in [-0.15, -0.1) is 6.58 Å². The van der Waals surface area contributed by atoms with Gasteiger partial charge in [0.15, 0.2) is 0 Å². The second kappa shape index (κ2) is 41.5. The van der Waals surface area contributed by atoms with Crippen molar-refractivity contribution in [3.8, 4) is 0 Å². The molecule has 0 heterocycles. The molecular weight excluding hydrogens is 438 g/mol. The highest BCUT2D eigenvalue weighted by Gasteiger charge is 2.12. The van der Waals surface area contributed by atoms with Crippen LogP contribution in [0.5, 0.6) is 0 Å². The van der Waals surface area contributed by atoms with Crippen LogP contribution in [0.15, 0.2) is 24.8 Å². The first-order valence-electron chi connectivity index (χ1n) is 15.9. The fourth-order valence-electron chi connectivity index (χ4n) is 4.18. The first-order chi connectivity index (χ1) is 17.4. The first kappa shape index (κ1) is 42.5. The van der Waals surface area contributed by atoms with Crippen LogP contribution in [0.4, 0.5) is 0 Å². The zero-order valence-electron chi connectivity index (χ0n) is 26.8. The predicted octanol–water partition coefficient (Wildman–Crippen LogP) is 11.3. The molecule has 3 atom stereocenters. The van der Waals surface area contributed by atoms with Crippen molar-refractivity contribution in [2.24, 2.45) is 11.8 Å². The van der Waals surface area contributed by atoms with Gasteiger partial charge in [0.25, 0.3) is 0 Å². The molecule has 2 heteroatoms. The number of aliphatic hydroxyl groups is 1. The van der Waals surface area contributed by atoms with Crippen molar-refractivity contribution in [1.29, 1.82) is 0 Å². The molecule has 0 aromatic heterocycles. The first-order valence-corrected chi connectivity index (χ1v) is 15.9. The molecule has 220 valence electrons. The molecule has 0 saturated heterocycles. The van der Waals surface area contributed by atoms with E-state index in [1.165, 1.54) is 83.5 Å². The SMILES string of the molecule is C/C=C\CC.C=CCCNC.CCCC(C)C(CC)CCC.CCCCCCCCC(O)CCCC. The van der Waals surface area contributed by atoms with Crippen molar-refractivity contribution in [1.82, 2.24) is 5.32 Å². The summed E-state index contributed by atoms with van der Waals surface area (Å²) >= 11 is 0. The monoisotopic (exact) mass is 512 g/mol. The third-order valence-electron chi connectivity index (χ3n) is 6.58. The zero-order valence-corrected chi connectivity index (χ0v) is 26.8. The lowest BCUT2D eigenvalue weighted by Gasteiger charge is -2.21. The number of unbranched alkanes of at least 4 members (excludes halogenated alkanes) is 6. The Bertz CT molecular complexity index is 379. The quantitative estimate of drug-likeness (QED) is 0.126. The molecule has 0 aromatic carbocycles. The van der Waals surface area contributed by atoms with Crippen molar-refractivity contribution >= 4 is 0 Å². The fraction of sp³-hybridized carbons (Fsp3) is 0.882. The minimum atomic E-state index is -0.0267. The molecule has 0 spiro atoms. The van der Waals surface area contributed by atoms with Gasteiger partial charge in [-0.05, 0) is 58.0 Å². The van der Waals surface area contributed by atoms with Crippen LogP contribution in [0.2, 0.25) is 0 Å². The number of allylic oxidation sites excluding steroid dienone is 2. The maximum Gasteiger partial charge on any atom is 0.0540 e. The molecule has 0 radical (unpaired) electrons. The fourth-order valence-corrected chi connectivity index (χ4v) is 4.18. The van der Waals surface area contributed by atoms with Gasteiger partial charge < -0.3 is 10.4 Å². The van der Waals surface area contributed by atoms with E-state index < -0.39 is 0 Å². The van der Waals surface area contributed by atoms with Crippen molar-refractivity contribution in [2.75, 3.05) is 13.6 Å². The maximum atomic E-state index is 9.58. The Morgan fingerprint density at radius 1 is 0.750 bits per heavy atom. The average molecular weight is 512 g/mol. The molecule has 0 amide bonds. The van der Waals surface area contributed by atoms with E-state index in [9.17, 15) is 5.11 Å². The highest BCUT2D eigenvalue weighted by molar-refractivity contribution is 4.73. The molecule has 2 N–H and O–H groups in total. The van der Waals surface area contributed by atoms with Crippen LogP contribution in [-0.2, 0) is 0 Å². The molecule has 0 aromatic rings. The van der Waals surface area contributed by atoms with Crippen molar-refractivity contribution in [3.63, 3.8) is 0 Å². The van der Waals surface area contributed by atoms with E-state index in [4.69, 9.17) is 0 Å². The van der Waals surface area contributed by atoms with Crippen molar-refractivity contribution in [3.05, 3.63) is 24.8 Å². The molecule has 0 aliphatic carbocycles. The number of rotatable bonds is 20. The van der Waals surface area contributed by atoms with E-state index in [0.717, 1.165) is 44.1 Å². The van der Waals surface area contributed by atoms with E-state index in [-0.39, 0.29) is 6.10 Å². The van der Waals surface area contributed by atoms with Crippen LogP contribution in [0, 0.1) is 11.8 Å². The summed E-state index contributed by atoms with van der Waals surface area (Å²) in [7, 11) is 1.93. The highest BCUT2D eigenvalue weighted by atomic mass is 16.3. The lowest BCUT2D eigenvalue weighted by atomic mass is 9.85. The van der Waals surface area contributed by atoms with Crippen LogP contribution in [0.1, 0.15) is 165 Å². The summed E-state index contributed by atoms with van der Waals surface area (Å²) in [4.78, 5) is 0. The molecule has 0 aliphatic heterocycles. The van der Waals surface area contributed by atoms with Gasteiger partial charge in [-0.25, -0.2) is 0 Å². The summed E-state index contributed by atoms with van der Waals surface area (Å²) in [5, 5.41) is 12.6. The summed E-state index contributed by atoms with van der Waals surface area (Å²) in [6, 6.07) is 0. The van der Waals surface area contributed by atoms with E-state index in [0.29, 0.717) is 0 Å². The van der Waals surface area contributed by atoms with E-state index in [2.05, 4.69) is 72.5 Å². The molecule has 36 heavy (non-hydrogen) atoms. The molecule has 0 bridgehead atoms. The highest BCUT2D eigenvalue weighted by Crippen LogP contribution is 2.24. The minimum Gasteiger partial charge on any atom is -0.393 e. The van der Waals surface area contributed by atoms with Crippen LogP contribution in [0.25, 0.3) is 0 Å². The number of hydrogen-bond donors (Lipinski definition) is 2. The zero-order chi connectivity index (χ0) is 28.3. The Morgan fingerprint density at radius 3 is 1.69 bits per heavy atom. The number of nitrogens with one attached hydrogen (secondary N) is 1. The summed E-state index contributed by atoms with van der Waals surface area (Å²) < 4.78 is 0. The lowest BCUT2D eigenvalue weighted by molar-refractivity contribution is 0.148. The Labute approximate surface area is 231 Å². The molecule has 3 unspecified atom stereocenters. The van der Waals surface area contributed by atoms with E-state index in [1.807, 2.05) is 20.0 Å². The summed E-state index contributed by atoms with van der Waals surface area (Å²) in [5.41, 5.74) is 0. The van der Waals surface area contributed by atoms with Gasteiger partial charge in [-0.2, -0.15) is 0 Å². The van der Waals surface area contributed by atoms with E-state index >= 15 is 0 Å². The molecule has 2 nitrogen and oxygen atoms in total. The minimum absolute atomic E-state index is 0.0267. The van der Waals surface area contributed by atoms with Gasteiger partial charge in [0, 0.05) is 0 Å². The second-order valence-corrected chi connectivity index (χ2v) is 10.2. The van der Waals surface area contributed by atoms with Gasteiger partial charge in [0.05, 0.1) is 6.10 Å². The lowest BCUT2D eigenvalue weighted by Crippen LogP contribution is -2.10. The molecular formula is C34H73NO. The molecule has 0 rings (SSSR count). The average Bonchev–Trinajstić information content (AvgIpc) is 2.88. The Hall–Kier alpha value is -0.600. The summed E-state index contributed by atoms with van der Waals surface area (Å²) in [5.74, 6) is 1.94. The van der Waals surface area contributed by atoms with Gasteiger partial charge in [0.2, 0.25) is 0 Å². The Kier molecular flexibility index (Phi) is 49.0. The number of hydrogen-bond acceptors (Lipinski definition) is 2. The van der Waals surface area contributed by atoms with Gasteiger partial charge in [0.1, 0.15) is 0 Å². The van der Waals surface area contributed by atoms with Gasteiger partial charge >= 0.3 is 0 Å². The Balaban J connectivity index is -0.000000206. The van der Waals surface area contributed by atoms with Gasteiger partial charge in [-0.3, -0.25) is 0 Å². The van der Waals surface area contributed by atoms with Gasteiger partial charge in [-0.1, -0.05) is 150 Å². The normalized spacial score (nSPS) is 12.8. The second-order valence-electron chi connectivity index (χ2n) is 10.2. The van der Waals surface area contributed by atoms with Crippen LogP contribution in [0.3, 0.4) is 0 Å². The predicted molar refractivity (Wildman–Crippen MR) is 170 cm³/mol. The standard InChI is InChI=1S/C13H28O.C11H24.C5H11N.C5H10/c1-3-5-7-8-9-10-12-13(14)11-6-4-2;1-5-8-10(4)11(7-3)9-6-2;1-3-4-5-6-2;1-3-5-4-2/h13-14H,3-12H2,1-2H3;10-11H,5-9H2,1-4H3;3,6H,1,4-5H2,2H3;3,5H,4H2,1-2H3/b;;;5-3-. The molecule has 0 saturated carbocycles. The van der Waals surface area contributed by atoms with Crippen molar-refractivity contribution in [2.45, 2.75) is 171 Å². The topological polar surface area (TPSA) is 32.3 Å². The van der Waals surface area contributed by atoms with Crippen molar-refractivity contribution < 1.29 is 5.11 Å². The third-order valence-corrected chi connectivity index (χ3v) is 6.58. The van der Waals surface area contributed by atoms with Crippen LogP contribution in [-0.4, -0.2) is 24.8 Å². The molecule has 0 fully saturated rings. The smallest absolute Gasteiger partial charge is 0.0540 e. The van der Waals surface area contributed by atoms with Crippen LogP contribution >= 0.6 is 0 Å². The number of aliphatic hydroxyl groups excluding tert-OH is 1. The largest absolute Gasteiger partial charge is 0.393 e. The maximum absolute atomic E-state index is 9.58. The molecule has 0 aliphatic rings. The van der Waals surface area contributed by atoms with Crippen LogP contribution < -0.4 is 5.32 Å². The summed E-state index contributed by atoms with van der Waals surface area (Å²) in [6.45, 7) is 22.5.